The molecule has 0 aromatic heterocycles. The van der Waals surface area contributed by atoms with Crippen LogP contribution in [-0.2, 0) is 9.59 Å². The van der Waals surface area contributed by atoms with Gasteiger partial charge in [-0.25, -0.2) is 0 Å². The number of amides is 2. The summed E-state index contributed by atoms with van der Waals surface area (Å²) in [4.78, 5) is 32.4. The van der Waals surface area contributed by atoms with Crippen LogP contribution in [0.5, 0.6) is 0 Å². The van der Waals surface area contributed by atoms with Crippen LogP contribution >= 0.6 is 15.9 Å². The van der Waals surface area contributed by atoms with E-state index in [1.807, 2.05) is 50.2 Å². The summed E-state index contributed by atoms with van der Waals surface area (Å²) in [6.45, 7) is 4.03. The van der Waals surface area contributed by atoms with Crippen molar-refractivity contribution in [1.29, 1.82) is 0 Å². The molecule has 5 nitrogen and oxygen atoms in total. The summed E-state index contributed by atoms with van der Waals surface area (Å²) in [5, 5.41) is 2.88. The van der Waals surface area contributed by atoms with Crippen molar-refractivity contribution in [3.05, 3.63) is 52.0 Å². The Kier molecular flexibility index (Phi) is 5.06. The molecule has 144 valence electrons. The number of benzene rings is 2. The number of carbonyl (C=O) groups excluding carboxylic acids is 2. The lowest BCUT2D eigenvalue weighted by molar-refractivity contribution is -0.122. The van der Waals surface area contributed by atoms with Gasteiger partial charge in [-0.05, 0) is 80.6 Å². The third-order valence-corrected chi connectivity index (χ3v) is 6.00. The van der Waals surface area contributed by atoms with Gasteiger partial charge >= 0.3 is 0 Å². The zero-order valence-electron chi connectivity index (χ0n) is 16.0. The average molecular weight is 440 g/mol. The topological polar surface area (TPSA) is 61.8 Å². The van der Waals surface area contributed by atoms with Gasteiger partial charge in [0.2, 0.25) is 11.8 Å². The van der Waals surface area contributed by atoms with E-state index in [9.17, 15) is 9.59 Å². The van der Waals surface area contributed by atoms with Gasteiger partial charge in [0, 0.05) is 15.9 Å². The van der Waals surface area contributed by atoms with Gasteiger partial charge in [0.25, 0.3) is 0 Å². The predicted octanol–water partition coefficient (Wildman–Crippen LogP) is 4.92. The number of aryl methyl sites for hydroxylation is 2. The van der Waals surface area contributed by atoms with Crippen LogP contribution in [0.15, 0.2) is 45.9 Å². The summed E-state index contributed by atoms with van der Waals surface area (Å²) < 4.78 is 0.943. The van der Waals surface area contributed by atoms with Gasteiger partial charge in [0.15, 0.2) is 0 Å². The quantitative estimate of drug-likeness (QED) is 0.736. The van der Waals surface area contributed by atoms with Crippen molar-refractivity contribution in [3.8, 4) is 0 Å². The Morgan fingerprint density at radius 2 is 1.93 bits per heavy atom. The zero-order chi connectivity index (χ0) is 19.8. The maximum atomic E-state index is 13.3. The van der Waals surface area contributed by atoms with Crippen molar-refractivity contribution in [3.63, 3.8) is 0 Å². The minimum Gasteiger partial charge on any atom is -0.325 e. The van der Waals surface area contributed by atoms with Gasteiger partial charge in [0.05, 0.1) is 17.3 Å². The summed E-state index contributed by atoms with van der Waals surface area (Å²) >= 11 is 3.39. The summed E-state index contributed by atoms with van der Waals surface area (Å²) in [7, 11) is 0. The Morgan fingerprint density at radius 1 is 1.21 bits per heavy atom. The average Bonchev–Trinajstić information content (AvgIpc) is 3.09. The molecule has 2 amide bonds. The third kappa shape index (κ3) is 3.61. The minimum atomic E-state index is -0.221. The van der Waals surface area contributed by atoms with Crippen molar-refractivity contribution >= 4 is 50.5 Å². The summed E-state index contributed by atoms with van der Waals surface area (Å²) in [5.41, 5.74) is 5.37. The number of aliphatic imine (C=N–C) groups is 1. The molecule has 1 N–H and O–H groups in total. The molecule has 2 aliphatic rings. The molecule has 1 saturated carbocycles. The molecule has 0 radical (unpaired) electrons. The Balaban J connectivity index is 1.65. The lowest BCUT2D eigenvalue weighted by Gasteiger charge is -2.25. The first-order chi connectivity index (χ1) is 13.4. The Hall–Kier alpha value is -2.47. The van der Waals surface area contributed by atoms with Gasteiger partial charge in [-0.15, -0.1) is 0 Å². The molecule has 4 rings (SSSR count). The van der Waals surface area contributed by atoms with Gasteiger partial charge < -0.3 is 10.2 Å². The SMILES string of the molecule is Cc1cc2c(cc1C)N(CC(=O)Nc1ccc(Br)cc1)C(=O)[C@@H]1CCCC1=N2. The van der Waals surface area contributed by atoms with E-state index < -0.39 is 0 Å². The Bertz CT molecular complexity index is 982. The molecule has 0 saturated heterocycles. The lowest BCUT2D eigenvalue weighted by Crippen LogP contribution is -2.41. The second-order valence-electron chi connectivity index (χ2n) is 7.45. The van der Waals surface area contributed by atoms with Crippen molar-refractivity contribution in [2.45, 2.75) is 33.1 Å². The first-order valence-corrected chi connectivity index (χ1v) is 10.3. The Labute approximate surface area is 173 Å². The normalized spacial score (nSPS) is 18.2. The number of hydrogen-bond acceptors (Lipinski definition) is 3. The van der Waals surface area contributed by atoms with Crippen molar-refractivity contribution < 1.29 is 9.59 Å². The van der Waals surface area contributed by atoms with E-state index >= 15 is 0 Å². The van der Waals surface area contributed by atoms with Crippen LogP contribution in [0.4, 0.5) is 17.1 Å². The van der Waals surface area contributed by atoms with E-state index in [4.69, 9.17) is 4.99 Å². The van der Waals surface area contributed by atoms with E-state index in [1.54, 1.807) is 4.90 Å². The lowest BCUT2D eigenvalue weighted by atomic mass is 10.0. The molecule has 0 spiro atoms. The fourth-order valence-corrected chi connectivity index (χ4v) is 4.09. The van der Waals surface area contributed by atoms with Gasteiger partial charge in [-0.2, -0.15) is 0 Å². The van der Waals surface area contributed by atoms with E-state index in [2.05, 4.69) is 21.2 Å². The van der Waals surface area contributed by atoms with Gasteiger partial charge in [0.1, 0.15) is 6.54 Å². The monoisotopic (exact) mass is 439 g/mol. The smallest absolute Gasteiger partial charge is 0.244 e. The maximum Gasteiger partial charge on any atom is 0.244 e. The highest BCUT2D eigenvalue weighted by Gasteiger charge is 2.37. The Morgan fingerprint density at radius 3 is 2.68 bits per heavy atom. The molecule has 1 fully saturated rings. The largest absolute Gasteiger partial charge is 0.325 e. The van der Waals surface area contributed by atoms with Crippen LogP contribution < -0.4 is 10.2 Å². The van der Waals surface area contributed by atoms with Crippen molar-refractivity contribution in [2.75, 3.05) is 16.8 Å². The number of halogens is 1. The predicted molar refractivity (Wildman–Crippen MR) is 115 cm³/mol. The van der Waals surface area contributed by atoms with Crippen LogP contribution in [0.2, 0.25) is 0 Å². The van der Waals surface area contributed by atoms with E-state index in [-0.39, 0.29) is 24.3 Å². The van der Waals surface area contributed by atoms with Crippen LogP contribution in [-0.4, -0.2) is 24.1 Å². The fourth-order valence-electron chi connectivity index (χ4n) is 3.82. The van der Waals surface area contributed by atoms with Crippen molar-refractivity contribution in [2.24, 2.45) is 10.9 Å². The summed E-state index contributed by atoms with van der Waals surface area (Å²) in [6.07, 6.45) is 2.62. The number of anilines is 2. The standard InChI is InChI=1S/C22H22BrN3O2/c1-13-10-19-20(11-14(13)2)26(22(28)17-4-3-5-18(17)25-19)12-21(27)24-16-8-6-15(23)7-9-16/h6-11,17H,3-5,12H2,1-2H3,(H,24,27)/t17-/m1/s1. The summed E-state index contributed by atoms with van der Waals surface area (Å²) in [5.74, 6) is -0.459. The molecular weight excluding hydrogens is 418 g/mol. The second-order valence-corrected chi connectivity index (χ2v) is 8.37. The highest BCUT2D eigenvalue weighted by Crippen LogP contribution is 2.39. The van der Waals surface area contributed by atoms with E-state index in [0.29, 0.717) is 5.69 Å². The number of rotatable bonds is 3. The molecule has 1 atom stereocenters. The molecule has 28 heavy (non-hydrogen) atoms. The highest BCUT2D eigenvalue weighted by atomic mass is 79.9. The van der Waals surface area contributed by atoms with E-state index in [1.165, 1.54) is 0 Å². The van der Waals surface area contributed by atoms with Crippen LogP contribution in [0.25, 0.3) is 0 Å². The fraction of sp³-hybridized carbons (Fsp3) is 0.318. The number of nitrogens with one attached hydrogen (secondary N) is 1. The molecule has 1 heterocycles. The molecular formula is C22H22BrN3O2. The zero-order valence-corrected chi connectivity index (χ0v) is 17.5. The highest BCUT2D eigenvalue weighted by molar-refractivity contribution is 9.10. The molecule has 1 aliphatic heterocycles. The molecule has 1 aliphatic carbocycles. The first kappa shape index (κ1) is 18.9. The molecule has 2 aromatic rings. The van der Waals surface area contributed by atoms with E-state index in [0.717, 1.165) is 51.9 Å². The first-order valence-electron chi connectivity index (χ1n) is 9.48. The number of hydrogen-bond donors (Lipinski definition) is 1. The number of fused-ring (bicyclic) bond motifs is 2. The molecule has 0 unspecified atom stereocenters. The maximum absolute atomic E-state index is 13.3. The minimum absolute atomic E-state index is 0.0239. The van der Waals surface area contributed by atoms with Crippen LogP contribution in [0.1, 0.15) is 30.4 Å². The number of nitrogens with zero attached hydrogens (tertiary/aromatic N) is 2. The third-order valence-electron chi connectivity index (χ3n) is 5.47. The molecule has 6 heteroatoms. The summed E-state index contributed by atoms with van der Waals surface area (Å²) in [6, 6.07) is 11.4. The van der Waals surface area contributed by atoms with Gasteiger partial charge in [-0.1, -0.05) is 15.9 Å². The number of carbonyl (C=O) groups is 2. The van der Waals surface area contributed by atoms with Crippen molar-refractivity contribution in [1.82, 2.24) is 0 Å². The molecule has 0 bridgehead atoms. The van der Waals surface area contributed by atoms with Crippen LogP contribution in [0.3, 0.4) is 0 Å². The second kappa shape index (κ2) is 7.51. The van der Waals surface area contributed by atoms with Crippen LogP contribution in [0, 0.1) is 19.8 Å². The molecule has 2 aromatic carbocycles. The van der Waals surface area contributed by atoms with Gasteiger partial charge in [-0.3, -0.25) is 14.6 Å².